The minimum Gasteiger partial charge on any atom is -0.474 e. The van der Waals surface area contributed by atoms with E-state index in [9.17, 15) is 9.90 Å². The number of anilines is 1. The van der Waals surface area contributed by atoms with Gasteiger partial charge in [0.1, 0.15) is 18.7 Å². The molecule has 27 heavy (non-hydrogen) atoms. The van der Waals surface area contributed by atoms with Crippen LogP contribution in [0.15, 0.2) is 61.4 Å². The highest BCUT2D eigenvalue weighted by atomic mass is 16.3. The predicted octanol–water partition coefficient (Wildman–Crippen LogP) is 1.73. The lowest BCUT2D eigenvalue weighted by atomic mass is 10.3. The fraction of sp³-hybridized carbons (Fsp3) is 0.105. The maximum atomic E-state index is 12.9. The topological polar surface area (TPSA) is 97.0 Å². The summed E-state index contributed by atoms with van der Waals surface area (Å²) in [4.78, 5) is 25.0. The van der Waals surface area contributed by atoms with Crippen LogP contribution in [0.25, 0.3) is 5.65 Å². The molecule has 0 atom stereocenters. The zero-order chi connectivity index (χ0) is 18.8. The van der Waals surface area contributed by atoms with Crippen LogP contribution in [-0.2, 0) is 6.54 Å². The number of nitrogens with one attached hydrogen (secondary N) is 1. The summed E-state index contributed by atoms with van der Waals surface area (Å²) < 4.78 is 3.28. The van der Waals surface area contributed by atoms with Gasteiger partial charge in [-0.25, -0.2) is 15.0 Å². The van der Waals surface area contributed by atoms with E-state index in [1.807, 2.05) is 25.1 Å². The van der Waals surface area contributed by atoms with E-state index in [4.69, 9.17) is 0 Å². The van der Waals surface area contributed by atoms with Crippen molar-refractivity contribution in [2.75, 3.05) is 5.32 Å². The van der Waals surface area contributed by atoms with E-state index >= 15 is 0 Å². The van der Waals surface area contributed by atoms with Gasteiger partial charge in [0.25, 0.3) is 11.3 Å². The summed E-state index contributed by atoms with van der Waals surface area (Å²) in [6, 6.07) is 9.07. The molecule has 4 aromatic heterocycles. The van der Waals surface area contributed by atoms with Gasteiger partial charge in [-0.2, -0.15) is 8.97 Å². The number of fused-ring (bicyclic) bond motifs is 1. The first-order chi connectivity index (χ1) is 13.1. The highest BCUT2D eigenvalue weighted by Gasteiger charge is 2.31. The third-order valence-electron chi connectivity index (χ3n) is 4.15. The van der Waals surface area contributed by atoms with Crippen LogP contribution in [0.2, 0.25) is 0 Å². The minimum absolute atomic E-state index is 0.130. The Morgan fingerprint density at radius 3 is 2.85 bits per heavy atom. The summed E-state index contributed by atoms with van der Waals surface area (Å²) in [6.45, 7) is 2.24. The van der Waals surface area contributed by atoms with Crippen molar-refractivity contribution in [3.8, 4) is 5.88 Å². The minimum atomic E-state index is -0.449. The first kappa shape index (κ1) is 16.6. The molecule has 0 unspecified atom stereocenters. The Kier molecular flexibility index (Phi) is 4.21. The predicted molar refractivity (Wildman–Crippen MR) is 97.3 cm³/mol. The van der Waals surface area contributed by atoms with E-state index in [-0.39, 0.29) is 11.6 Å². The van der Waals surface area contributed by atoms with E-state index in [0.29, 0.717) is 18.0 Å². The smallest absolute Gasteiger partial charge is 0.337 e. The molecule has 1 amide bonds. The number of amides is 1. The molecular weight excluding hydrogens is 344 g/mol. The van der Waals surface area contributed by atoms with Crippen molar-refractivity contribution in [3.05, 3.63) is 78.3 Å². The summed E-state index contributed by atoms with van der Waals surface area (Å²) in [5.41, 5.74) is 2.58. The molecule has 2 N–H and O–H groups in total. The average Bonchev–Trinajstić information content (AvgIpc) is 2.94. The summed E-state index contributed by atoms with van der Waals surface area (Å²) in [5, 5.41) is 13.5. The maximum Gasteiger partial charge on any atom is 0.337 e. The molecule has 0 radical (unpaired) electrons. The Morgan fingerprint density at radius 1 is 1.26 bits per heavy atom. The lowest BCUT2D eigenvalue weighted by molar-refractivity contribution is -0.513. The van der Waals surface area contributed by atoms with E-state index in [1.54, 1.807) is 45.9 Å². The first-order valence-corrected chi connectivity index (χ1v) is 8.33. The molecule has 4 heterocycles. The van der Waals surface area contributed by atoms with Crippen LogP contribution < -0.4 is 9.72 Å². The maximum absolute atomic E-state index is 12.9. The van der Waals surface area contributed by atoms with Crippen molar-refractivity contribution in [1.82, 2.24) is 19.5 Å². The highest BCUT2D eigenvalue weighted by molar-refractivity contribution is 6.03. The first-order valence-electron chi connectivity index (χ1n) is 8.33. The van der Waals surface area contributed by atoms with Gasteiger partial charge >= 0.3 is 11.8 Å². The van der Waals surface area contributed by atoms with Gasteiger partial charge in [0, 0.05) is 30.2 Å². The number of imidazole rings is 1. The van der Waals surface area contributed by atoms with Crippen LogP contribution in [0.3, 0.4) is 0 Å². The van der Waals surface area contributed by atoms with Crippen molar-refractivity contribution in [2.45, 2.75) is 13.5 Å². The lowest BCUT2D eigenvalue weighted by Gasteiger charge is -2.02. The number of carbonyl (C=O) groups is 1. The Bertz CT molecular complexity index is 1120. The van der Waals surface area contributed by atoms with E-state index in [0.717, 1.165) is 11.1 Å². The molecule has 8 heteroatoms. The molecule has 8 nitrogen and oxygen atoms in total. The van der Waals surface area contributed by atoms with Crippen LogP contribution in [-0.4, -0.2) is 30.5 Å². The second-order valence-corrected chi connectivity index (χ2v) is 6.11. The summed E-state index contributed by atoms with van der Waals surface area (Å²) in [6.07, 6.45) is 8.13. The summed E-state index contributed by atoms with van der Waals surface area (Å²) in [7, 11) is 0. The Labute approximate surface area is 154 Å². The highest BCUT2D eigenvalue weighted by Crippen LogP contribution is 2.21. The van der Waals surface area contributed by atoms with Gasteiger partial charge in [0.15, 0.2) is 0 Å². The van der Waals surface area contributed by atoms with Crippen LogP contribution in [0.5, 0.6) is 5.88 Å². The number of nitrogens with zero attached hydrogens (tertiary/aromatic N) is 5. The molecule has 0 aromatic carbocycles. The fourth-order valence-electron chi connectivity index (χ4n) is 2.93. The van der Waals surface area contributed by atoms with Crippen molar-refractivity contribution < 1.29 is 14.3 Å². The average molecular weight is 361 g/mol. The Hall–Kier alpha value is -3.81. The van der Waals surface area contributed by atoms with Crippen molar-refractivity contribution in [1.29, 1.82) is 0 Å². The van der Waals surface area contributed by atoms with Gasteiger partial charge in [-0.1, -0.05) is 6.07 Å². The number of pyridine rings is 2. The lowest BCUT2D eigenvalue weighted by Crippen LogP contribution is -2.30. The number of carbonyl (C=O) groups excluding carboxylic acids is 1. The fourth-order valence-corrected chi connectivity index (χ4v) is 2.93. The number of aromatic nitrogens is 5. The van der Waals surface area contributed by atoms with Crippen LogP contribution in [0, 0.1) is 6.92 Å². The normalized spacial score (nSPS) is 10.9. The van der Waals surface area contributed by atoms with Crippen molar-refractivity contribution >= 4 is 17.4 Å². The third kappa shape index (κ3) is 3.20. The summed E-state index contributed by atoms with van der Waals surface area (Å²) >= 11 is 0. The number of rotatable bonds is 4. The number of aromatic hydroxyl groups is 1. The van der Waals surface area contributed by atoms with Gasteiger partial charge in [-0.3, -0.25) is 4.79 Å². The molecule has 0 saturated heterocycles. The third-order valence-corrected chi connectivity index (χ3v) is 4.15. The quantitative estimate of drug-likeness (QED) is 0.540. The van der Waals surface area contributed by atoms with Gasteiger partial charge in [0.05, 0.1) is 6.20 Å². The second kappa shape index (κ2) is 6.83. The van der Waals surface area contributed by atoms with Crippen molar-refractivity contribution in [3.63, 3.8) is 0 Å². The van der Waals surface area contributed by atoms with E-state index in [2.05, 4.69) is 20.3 Å². The molecule has 0 aliphatic heterocycles. The zero-order valence-corrected chi connectivity index (χ0v) is 14.6. The van der Waals surface area contributed by atoms with Gasteiger partial charge in [0.2, 0.25) is 0 Å². The number of hydrogen-bond acceptors (Lipinski definition) is 5. The van der Waals surface area contributed by atoms with Crippen molar-refractivity contribution in [2.24, 2.45) is 0 Å². The van der Waals surface area contributed by atoms with Crippen LogP contribution in [0.1, 0.15) is 21.6 Å². The van der Waals surface area contributed by atoms with Gasteiger partial charge in [-0.05, 0) is 30.7 Å². The number of aryl methyl sites for hydroxylation is 1. The van der Waals surface area contributed by atoms with Gasteiger partial charge in [-0.15, -0.1) is 0 Å². The van der Waals surface area contributed by atoms with Crippen LogP contribution in [0.4, 0.5) is 5.82 Å². The SMILES string of the molecule is Cc1ccnc(NC(=O)c2c(O)n(Cc3cncnc3)c3cccc[n+]23)c1. The van der Waals surface area contributed by atoms with E-state index in [1.165, 1.54) is 6.33 Å². The molecule has 0 aliphatic rings. The molecule has 4 rings (SSSR count). The monoisotopic (exact) mass is 361 g/mol. The number of hydrogen-bond donors (Lipinski definition) is 2. The molecule has 0 aliphatic carbocycles. The second-order valence-electron chi connectivity index (χ2n) is 6.11. The molecule has 134 valence electrons. The molecule has 4 aromatic rings. The van der Waals surface area contributed by atoms with Crippen LogP contribution >= 0.6 is 0 Å². The molecule has 0 fully saturated rings. The molecule has 0 bridgehead atoms. The largest absolute Gasteiger partial charge is 0.474 e. The van der Waals surface area contributed by atoms with E-state index < -0.39 is 5.91 Å². The molecular formula is C19H17N6O2+. The standard InChI is InChI=1S/C19H16N6O2/c1-13-5-6-22-15(8-13)23-18(26)17-19(27)25(11-14-9-20-12-21-10-14)16-4-2-3-7-24(16)17/h2-10,12H,11H2,1H3,(H-,22,23,26,27)/p+1. The molecule has 0 spiro atoms. The van der Waals surface area contributed by atoms with Gasteiger partial charge < -0.3 is 10.4 Å². The summed E-state index contributed by atoms with van der Waals surface area (Å²) in [5.74, 6) is -0.168. The Balaban J connectivity index is 1.76. The zero-order valence-electron chi connectivity index (χ0n) is 14.6. The Morgan fingerprint density at radius 2 is 2.07 bits per heavy atom. The molecule has 0 saturated carbocycles.